The molecule has 3 spiro atoms. The van der Waals surface area contributed by atoms with E-state index in [-0.39, 0.29) is 36.6 Å². The van der Waals surface area contributed by atoms with Crippen LogP contribution < -0.4 is 0 Å². The van der Waals surface area contributed by atoms with Crippen LogP contribution in [0.15, 0.2) is 36.0 Å². The predicted octanol–water partition coefficient (Wildman–Crippen LogP) is 5.21. The normalized spacial score (nSPS) is 45.4. The lowest BCUT2D eigenvalue weighted by molar-refractivity contribution is -0.326. The number of aliphatic carboxylic acids is 1. The number of ether oxygens (including phenoxy) is 7. The van der Waals surface area contributed by atoms with Crippen molar-refractivity contribution >= 4 is 5.97 Å². The van der Waals surface area contributed by atoms with E-state index in [2.05, 4.69) is 26.5 Å². The second kappa shape index (κ2) is 17.0. The highest BCUT2D eigenvalue weighted by atomic mass is 16.7. The molecule has 0 aromatic carbocycles. The molecule has 7 aliphatic rings. The van der Waals surface area contributed by atoms with E-state index in [1.807, 2.05) is 19.9 Å². The van der Waals surface area contributed by atoms with Gasteiger partial charge in [0.1, 0.15) is 24.4 Å². The van der Waals surface area contributed by atoms with Gasteiger partial charge in [0.2, 0.25) is 5.79 Å². The third-order valence-corrected chi connectivity index (χ3v) is 14.1. The molecular weight excluding hydrogens is 736 g/mol. The maximum atomic E-state index is 11.6. The fourth-order valence-corrected chi connectivity index (χ4v) is 10.5. The second-order valence-electron chi connectivity index (χ2n) is 18.8. The number of fused-ring (bicyclic) bond motifs is 1. The van der Waals surface area contributed by atoms with Crippen LogP contribution in [0.25, 0.3) is 0 Å². The van der Waals surface area contributed by atoms with Crippen LogP contribution in [0, 0.1) is 17.8 Å². The van der Waals surface area contributed by atoms with Crippen LogP contribution in [-0.4, -0.2) is 122 Å². The molecule has 57 heavy (non-hydrogen) atoms. The minimum absolute atomic E-state index is 0.0262. The Labute approximate surface area is 337 Å². The van der Waals surface area contributed by atoms with Crippen molar-refractivity contribution in [1.82, 2.24) is 0 Å². The zero-order valence-electron chi connectivity index (χ0n) is 34.6. The highest BCUT2D eigenvalue weighted by molar-refractivity contribution is 5.76. The van der Waals surface area contributed by atoms with Gasteiger partial charge in [-0.2, -0.15) is 0 Å². The smallest absolute Gasteiger partial charge is 0.335 e. The molecule has 13 nitrogen and oxygen atoms in total. The fourth-order valence-electron chi connectivity index (χ4n) is 10.5. The summed E-state index contributed by atoms with van der Waals surface area (Å²) in [7, 11) is 0. The van der Waals surface area contributed by atoms with Crippen molar-refractivity contribution in [2.24, 2.45) is 17.8 Å². The lowest BCUT2D eigenvalue weighted by Gasteiger charge is -2.50. The number of carbonyl (C=O) groups is 1. The minimum atomic E-state index is -1.96. The summed E-state index contributed by atoms with van der Waals surface area (Å²) in [5.41, 5.74) is -0.550. The molecule has 6 fully saturated rings. The zero-order valence-corrected chi connectivity index (χ0v) is 34.6. The van der Waals surface area contributed by atoms with E-state index >= 15 is 0 Å². The van der Waals surface area contributed by atoms with E-state index in [1.165, 1.54) is 6.92 Å². The van der Waals surface area contributed by atoms with E-state index in [0.29, 0.717) is 56.4 Å². The van der Waals surface area contributed by atoms with Crippen molar-refractivity contribution in [2.45, 2.75) is 209 Å². The molecule has 6 saturated heterocycles. The van der Waals surface area contributed by atoms with E-state index in [4.69, 9.17) is 33.2 Å². The molecule has 0 saturated carbocycles. The van der Waals surface area contributed by atoms with Crippen LogP contribution in [0.4, 0.5) is 0 Å². The first-order valence-corrected chi connectivity index (χ1v) is 21.7. The van der Waals surface area contributed by atoms with Gasteiger partial charge in [0.15, 0.2) is 17.2 Å². The van der Waals surface area contributed by atoms with Gasteiger partial charge in [0, 0.05) is 37.5 Å². The SMILES string of the molecule is C=C1C(O)C2OC3(CCC(/C=C/C(C)C4CC(C)=CC5(OC(CC(C)(O)C(=O)O)CCC5O)O4)O3)CCC2OC1C(O)CC(C)C1CCCC2(OCCCC2C)O1. The van der Waals surface area contributed by atoms with Crippen LogP contribution in [-0.2, 0) is 38.0 Å². The highest BCUT2D eigenvalue weighted by Gasteiger charge is 2.55. The topological polar surface area (TPSA) is 183 Å². The van der Waals surface area contributed by atoms with E-state index < -0.39 is 71.7 Å². The van der Waals surface area contributed by atoms with Crippen molar-refractivity contribution in [1.29, 1.82) is 0 Å². The van der Waals surface area contributed by atoms with Gasteiger partial charge in [-0.15, -0.1) is 0 Å². The average Bonchev–Trinajstić information content (AvgIpc) is 3.56. The molecule has 0 aromatic rings. The Balaban J connectivity index is 0.916. The standard InChI is InChI=1S/C44H68O13/c1-25-21-35(56-44(23-25)36(46)14-13-31(54-44)24-41(6,50)40(48)49)26(2)11-12-30-15-18-42(53-30)19-16-34-39(57-42)37(47)29(5)38(52-34)32(45)22-27(3)33-10-7-17-43(55-33)28(4)9-8-20-51-43/h11-12,23,26-28,30-39,45-47,50H,5,7-10,13-22,24H2,1-4,6H3,(H,48,49)/b12-11+. The Morgan fingerprint density at radius 3 is 2.53 bits per heavy atom. The molecule has 7 aliphatic heterocycles. The van der Waals surface area contributed by atoms with Gasteiger partial charge in [-0.05, 0) is 95.6 Å². The maximum Gasteiger partial charge on any atom is 0.335 e. The minimum Gasteiger partial charge on any atom is -0.479 e. The van der Waals surface area contributed by atoms with E-state index in [1.54, 1.807) is 6.08 Å². The summed E-state index contributed by atoms with van der Waals surface area (Å²) in [6, 6.07) is 0. The molecule has 17 unspecified atom stereocenters. The first-order valence-electron chi connectivity index (χ1n) is 21.7. The molecular formula is C44H68O13. The van der Waals surface area contributed by atoms with Crippen molar-refractivity contribution in [3.8, 4) is 0 Å². The number of aliphatic hydroxyl groups is 4. The maximum absolute atomic E-state index is 11.6. The highest BCUT2D eigenvalue weighted by Crippen LogP contribution is 2.47. The Bertz CT molecular complexity index is 1510. The first kappa shape index (κ1) is 43.3. The first-order chi connectivity index (χ1) is 26.9. The largest absolute Gasteiger partial charge is 0.479 e. The number of hydrogen-bond acceptors (Lipinski definition) is 12. The van der Waals surface area contributed by atoms with Crippen molar-refractivity contribution < 1.29 is 63.5 Å². The zero-order chi connectivity index (χ0) is 40.9. The van der Waals surface area contributed by atoms with Crippen LogP contribution >= 0.6 is 0 Å². The Hall–Kier alpha value is -1.75. The Kier molecular flexibility index (Phi) is 12.9. The molecule has 5 N–H and O–H groups in total. The number of carboxylic acid groups (broad SMARTS) is 1. The quantitative estimate of drug-likeness (QED) is 0.182. The summed E-state index contributed by atoms with van der Waals surface area (Å²) in [5.74, 6) is -3.83. The molecule has 13 heteroatoms. The molecule has 322 valence electrons. The van der Waals surface area contributed by atoms with Crippen LogP contribution in [0.2, 0.25) is 0 Å². The lowest BCUT2D eigenvalue weighted by atomic mass is 9.81. The Morgan fingerprint density at radius 1 is 1.00 bits per heavy atom. The summed E-state index contributed by atoms with van der Waals surface area (Å²) in [6.45, 7) is 14.5. The van der Waals surface area contributed by atoms with Gasteiger partial charge in [-0.1, -0.05) is 45.1 Å². The van der Waals surface area contributed by atoms with Crippen LogP contribution in [0.3, 0.4) is 0 Å². The van der Waals surface area contributed by atoms with Gasteiger partial charge in [0.25, 0.3) is 0 Å². The van der Waals surface area contributed by atoms with Crippen LogP contribution in [0.1, 0.15) is 125 Å². The summed E-state index contributed by atoms with van der Waals surface area (Å²) < 4.78 is 45.3. The van der Waals surface area contributed by atoms with Crippen molar-refractivity contribution in [3.05, 3.63) is 36.0 Å². The van der Waals surface area contributed by atoms with Crippen molar-refractivity contribution in [2.75, 3.05) is 6.61 Å². The molecule has 0 radical (unpaired) electrons. The van der Waals surface area contributed by atoms with Gasteiger partial charge >= 0.3 is 5.97 Å². The Morgan fingerprint density at radius 2 is 1.77 bits per heavy atom. The summed E-state index contributed by atoms with van der Waals surface area (Å²) in [6.07, 6.45) is 9.41. The van der Waals surface area contributed by atoms with Gasteiger partial charge < -0.3 is 58.7 Å². The average molecular weight is 805 g/mol. The predicted molar refractivity (Wildman–Crippen MR) is 208 cm³/mol. The molecule has 17 atom stereocenters. The molecule has 0 amide bonds. The van der Waals surface area contributed by atoms with Gasteiger partial charge in [-0.3, -0.25) is 0 Å². The molecule has 0 aliphatic carbocycles. The number of rotatable bonds is 10. The lowest BCUT2D eigenvalue weighted by Crippen LogP contribution is -2.60. The van der Waals surface area contributed by atoms with Gasteiger partial charge in [-0.25, -0.2) is 4.79 Å². The van der Waals surface area contributed by atoms with E-state index in [0.717, 1.165) is 50.7 Å². The summed E-state index contributed by atoms with van der Waals surface area (Å²) in [4.78, 5) is 11.6. The summed E-state index contributed by atoms with van der Waals surface area (Å²) in [5, 5.41) is 54.0. The molecule has 7 heterocycles. The van der Waals surface area contributed by atoms with E-state index in [9.17, 15) is 30.3 Å². The summed E-state index contributed by atoms with van der Waals surface area (Å²) >= 11 is 0. The number of hydrogen-bond donors (Lipinski definition) is 5. The molecule has 0 bridgehead atoms. The van der Waals surface area contributed by atoms with Gasteiger partial charge in [0.05, 0.1) is 43.2 Å². The number of aliphatic hydroxyl groups excluding tert-OH is 3. The number of carboxylic acids is 1. The van der Waals surface area contributed by atoms with Crippen LogP contribution in [0.5, 0.6) is 0 Å². The fraction of sp³-hybridized carbons (Fsp3) is 0.841. The van der Waals surface area contributed by atoms with Crippen molar-refractivity contribution in [3.63, 3.8) is 0 Å². The third kappa shape index (κ3) is 9.00. The molecule has 0 aromatic heterocycles. The molecule has 7 rings (SSSR count). The second-order valence-corrected chi connectivity index (χ2v) is 18.8. The monoisotopic (exact) mass is 804 g/mol. The third-order valence-electron chi connectivity index (χ3n) is 14.1.